The third kappa shape index (κ3) is 4.66. The Balaban J connectivity index is 1.55. The zero-order chi connectivity index (χ0) is 13.5. The topological polar surface area (TPSA) is 129 Å². The van der Waals surface area contributed by atoms with E-state index in [1.165, 1.54) is 0 Å². The second kappa shape index (κ2) is 6.83. The van der Waals surface area contributed by atoms with E-state index in [0.29, 0.717) is 12.2 Å². The van der Waals surface area contributed by atoms with Gasteiger partial charge in [-0.3, -0.25) is 5.10 Å². The van der Waals surface area contributed by atoms with Gasteiger partial charge in [0.1, 0.15) is 12.2 Å². The normalized spacial score (nSPS) is 12.7. The van der Waals surface area contributed by atoms with Crippen LogP contribution in [0.15, 0.2) is 6.33 Å². The maximum atomic E-state index is 9.01. The summed E-state index contributed by atoms with van der Waals surface area (Å²) in [5.41, 5.74) is 6.02. The molecular weight excluding hydrogens is 246 g/mol. The van der Waals surface area contributed by atoms with Crippen LogP contribution in [0.5, 0.6) is 6.01 Å². The Morgan fingerprint density at radius 1 is 1.16 bits per heavy atom. The Morgan fingerprint density at radius 2 is 2.05 bits per heavy atom. The van der Waals surface area contributed by atoms with Crippen molar-refractivity contribution in [3.05, 3.63) is 18.0 Å². The van der Waals surface area contributed by atoms with Gasteiger partial charge < -0.3 is 10.8 Å². The molecule has 0 aliphatic carbocycles. The van der Waals surface area contributed by atoms with Crippen LogP contribution in [0.4, 0.5) is 0 Å². The summed E-state index contributed by atoms with van der Waals surface area (Å²) < 4.78 is 0. The molecule has 2 rings (SSSR count). The van der Waals surface area contributed by atoms with Gasteiger partial charge >= 0.3 is 6.01 Å². The Labute approximate surface area is 110 Å². The minimum absolute atomic E-state index is 0.132. The average Bonchev–Trinajstić information content (AvgIpc) is 3.03. The number of rotatable bonds is 8. The first-order valence-electron chi connectivity index (χ1n) is 6.44. The molecule has 2 aromatic rings. The number of nitrogens with zero attached hydrogens (tertiary/aromatic N) is 4. The van der Waals surface area contributed by atoms with Crippen molar-refractivity contribution in [2.24, 2.45) is 5.73 Å². The van der Waals surface area contributed by atoms with Crippen LogP contribution >= 0.6 is 0 Å². The summed E-state index contributed by atoms with van der Waals surface area (Å²) in [6.07, 6.45) is 7.01. The van der Waals surface area contributed by atoms with Gasteiger partial charge in [0.25, 0.3) is 0 Å². The van der Waals surface area contributed by atoms with E-state index in [2.05, 4.69) is 30.4 Å². The molecule has 0 aliphatic rings. The molecule has 5 N–H and O–H groups in total. The maximum absolute atomic E-state index is 9.01. The van der Waals surface area contributed by atoms with Gasteiger partial charge in [-0.25, -0.2) is 10.1 Å². The quantitative estimate of drug-likeness (QED) is 0.508. The van der Waals surface area contributed by atoms with Crippen LogP contribution in [-0.2, 0) is 12.8 Å². The van der Waals surface area contributed by atoms with Crippen LogP contribution in [0.25, 0.3) is 0 Å². The molecule has 0 spiro atoms. The summed E-state index contributed by atoms with van der Waals surface area (Å²) in [6.45, 7) is 0. The third-order valence-electron chi connectivity index (χ3n) is 2.95. The average molecular weight is 265 g/mol. The van der Waals surface area contributed by atoms with E-state index in [1.54, 1.807) is 6.33 Å². The van der Waals surface area contributed by atoms with Crippen molar-refractivity contribution in [3.63, 3.8) is 0 Å². The highest BCUT2D eigenvalue weighted by Gasteiger charge is 2.07. The molecule has 2 heterocycles. The van der Waals surface area contributed by atoms with Crippen LogP contribution < -0.4 is 5.73 Å². The van der Waals surface area contributed by atoms with Gasteiger partial charge in [-0.15, -0.1) is 0 Å². The van der Waals surface area contributed by atoms with E-state index in [1.807, 2.05) is 0 Å². The third-order valence-corrected chi connectivity index (χ3v) is 2.95. The van der Waals surface area contributed by atoms with E-state index < -0.39 is 0 Å². The zero-order valence-electron chi connectivity index (χ0n) is 10.7. The minimum Gasteiger partial charge on any atom is -0.479 e. The first kappa shape index (κ1) is 13.5. The molecule has 0 aliphatic heterocycles. The number of hydrogen-bond acceptors (Lipinski definition) is 6. The van der Waals surface area contributed by atoms with Gasteiger partial charge in [0, 0.05) is 18.9 Å². The highest BCUT2D eigenvalue weighted by Crippen LogP contribution is 2.08. The van der Waals surface area contributed by atoms with E-state index in [4.69, 9.17) is 10.8 Å². The number of nitrogens with two attached hydrogens (primary N) is 1. The first-order chi connectivity index (χ1) is 9.24. The Hall–Kier alpha value is -1.96. The number of aromatic amines is 2. The maximum Gasteiger partial charge on any atom is 0.309 e. The monoisotopic (exact) mass is 265 g/mol. The Kier molecular flexibility index (Phi) is 4.85. The van der Waals surface area contributed by atoms with Crippen molar-refractivity contribution in [1.82, 2.24) is 30.4 Å². The highest BCUT2D eigenvalue weighted by atomic mass is 16.3. The molecule has 0 amide bonds. The number of aromatic hydroxyl groups is 1. The Bertz CT molecular complexity index is 467. The largest absolute Gasteiger partial charge is 0.479 e. The minimum atomic E-state index is -0.143. The SMILES string of the molecule is NC(CCCCc1nc[nH]n1)CCc1n[nH]c(O)n1. The van der Waals surface area contributed by atoms with Gasteiger partial charge in [-0.05, 0) is 19.3 Å². The predicted octanol–water partition coefficient (Wildman–Crippen LogP) is 0.301. The van der Waals surface area contributed by atoms with Gasteiger partial charge in [-0.1, -0.05) is 6.42 Å². The fourth-order valence-electron chi connectivity index (χ4n) is 1.90. The second-order valence-corrected chi connectivity index (χ2v) is 4.54. The second-order valence-electron chi connectivity index (χ2n) is 4.54. The molecule has 1 atom stereocenters. The predicted molar refractivity (Wildman–Crippen MR) is 68.3 cm³/mol. The number of hydrogen-bond donors (Lipinski definition) is 4. The molecule has 8 nitrogen and oxygen atoms in total. The fourth-order valence-corrected chi connectivity index (χ4v) is 1.90. The van der Waals surface area contributed by atoms with E-state index in [0.717, 1.165) is 37.9 Å². The number of aryl methyl sites for hydroxylation is 2. The Morgan fingerprint density at radius 3 is 2.74 bits per heavy atom. The fraction of sp³-hybridized carbons (Fsp3) is 0.636. The summed E-state index contributed by atoms with van der Waals surface area (Å²) in [5.74, 6) is 1.46. The molecular formula is C11H19N7O. The van der Waals surface area contributed by atoms with Crippen LogP contribution in [0.2, 0.25) is 0 Å². The lowest BCUT2D eigenvalue weighted by atomic mass is 10.0. The number of H-pyrrole nitrogens is 2. The van der Waals surface area contributed by atoms with Crippen molar-refractivity contribution in [3.8, 4) is 6.01 Å². The van der Waals surface area contributed by atoms with Gasteiger partial charge in [0.05, 0.1) is 0 Å². The summed E-state index contributed by atoms with van der Waals surface area (Å²) in [7, 11) is 0. The van der Waals surface area contributed by atoms with E-state index >= 15 is 0 Å². The molecule has 0 bridgehead atoms. The summed E-state index contributed by atoms with van der Waals surface area (Å²) in [6, 6.07) is -0.0112. The molecule has 0 saturated carbocycles. The number of unbranched alkanes of at least 4 members (excludes halogenated alkanes) is 1. The smallest absolute Gasteiger partial charge is 0.309 e. The molecule has 2 aromatic heterocycles. The van der Waals surface area contributed by atoms with E-state index in [9.17, 15) is 0 Å². The molecule has 0 saturated heterocycles. The van der Waals surface area contributed by atoms with Crippen LogP contribution in [0, 0.1) is 0 Å². The van der Waals surface area contributed by atoms with Crippen molar-refractivity contribution >= 4 is 0 Å². The molecule has 0 fully saturated rings. The van der Waals surface area contributed by atoms with Crippen molar-refractivity contribution < 1.29 is 5.11 Å². The zero-order valence-corrected chi connectivity index (χ0v) is 10.7. The molecule has 8 heteroatoms. The molecule has 1 unspecified atom stereocenters. The van der Waals surface area contributed by atoms with Crippen molar-refractivity contribution in [2.45, 2.75) is 44.6 Å². The molecule has 104 valence electrons. The summed E-state index contributed by atoms with van der Waals surface area (Å²) >= 11 is 0. The van der Waals surface area contributed by atoms with Crippen molar-refractivity contribution in [1.29, 1.82) is 0 Å². The van der Waals surface area contributed by atoms with Gasteiger partial charge in [-0.2, -0.15) is 15.2 Å². The van der Waals surface area contributed by atoms with E-state index in [-0.39, 0.29) is 12.1 Å². The summed E-state index contributed by atoms with van der Waals surface area (Å²) in [5, 5.41) is 22.0. The number of nitrogens with one attached hydrogen (secondary N) is 2. The lowest BCUT2D eigenvalue weighted by Gasteiger charge is -2.09. The highest BCUT2D eigenvalue weighted by molar-refractivity contribution is 4.93. The van der Waals surface area contributed by atoms with Crippen molar-refractivity contribution in [2.75, 3.05) is 0 Å². The van der Waals surface area contributed by atoms with Crippen LogP contribution in [0.3, 0.4) is 0 Å². The molecule has 0 radical (unpaired) electrons. The van der Waals surface area contributed by atoms with Gasteiger partial charge in [0.2, 0.25) is 0 Å². The number of aromatic nitrogens is 6. The van der Waals surface area contributed by atoms with Crippen LogP contribution in [0.1, 0.15) is 37.3 Å². The van der Waals surface area contributed by atoms with Gasteiger partial charge in [0.15, 0.2) is 5.82 Å². The first-order valence-corrected chi connectivity index (χ1v) is 6.44. The lowest BCUT2D eigenvalue weighted by Crippen LogP contribution is -2.20. The van der Waals surface area contributed by atoms with Crippen LogP contribution in [-0.4, -0.2) is 41.5 Å². The summed E-state index contributed by atoms with van der Waals surface area (Å²) in [4.78, 5) is 7.90. The lowest BCUT2D eigenvalue weighted by molar-refractivity contribution is 0.432. The molecule has 0 aromatic carbocycles. The standard InChI is InChI=1S/C11H19N7O/c12-8(5-6-10-15-11(19)18-17-10)3-1-2-4-9-13-7-14-16-9/h7-8H,1-6,12H2,(H,13,14,16)(H2,15,17,18,19). The molecule has 19 heavy (non-hydrogen) atoms.